The number of nitrogens with one attached hydrogen (secondary N) is 2. The summed E-state index contributed by atoms with van der Waals surface area (Å²) in [5.74, 6) is -0.611. The van der Waals surface area contributed by atoms with Gasteiger partial charge in [-0.3, -0.25) is 14.9 Å². The van der Waals surface area contributed by atoms with Crippen LogP contribution in [0.5, 0.6) is 0 Å². The first-order valence-electron chi connectivity index (χ1n) is 9.67. The van der Waals surface area contributed by atoms with Gasteiger partial charge < -0.3 is 15.0 Å². The van der Waals surface area contributed by atoms with Crippen molar-refractivity contribution in [3.63, 3.8) is 0 Å². The molecular formula is C20H23ClN4O4S. The third-order valence-corrected chi connectivity index (χ3v) is 5.66. The van der Waals surface area contributed by atoms with Crippen molar-refractivity contribution in [1.29, 1.82) is 0 Å². The number of halogens is 1. The van der Waals surface area contributed by atoms with Crippen LogP contribution in [-0.2, 0) is 20.7 Å². The van der Waals surface area contributed by atoms with E-state index in [9.17, 15) is 14.4 Å². The van der Waals surface area contributed by atoms with Crippen LogP contribution in [0, 0.1) is 5.92 Å². The summed E-state index contributed by atoms with van der Waals surface area (Å²) in [6.07, 6.45) is 1.62. The Morgan fingerprint density at radius 1 is 1.27 bits per heavy atom. The number of nitrogens with zero attached hydrogens (tertiary/aromatic N) is 2. The SMILES string of the molecule is CCOC(=O)C1CCCN(C(=O)Cc2csc(NC(=O)Nc3ccc(Cl)cc3)n2)C1. The fourth-order valence-corrected chi connectivity index (χ4v) is 3.99. The molecule has 1 aromatic heterocycles. The summed E-state index contributed by atoms with van der Waals surface area (Å²) >= 11 is 7.07. The number of carbonyl (C=O) groups is 3. The van der Waals surface area contributed by atoms with Crippen molar-refractivity contribution in [3.8, 4) is 0 Å². The second-order valence-corrected chi connectivity index (χ2v) is 8.13. The molecule has 0 radical (unpaired) electrons. The molecule has 3 amide bonds. The van der Waals surface area contributed by atoms with E-state index in [0.717, 1.165) is 12.8 Å². The Balaban J connectivity index is 1.50. The predicted octanol–water partition coefficient (Wildman–Crippen LogP) is 3.78. The van der Waals surface area contributed by atoms with E-state index in [-0.39, 0.29) is 24.2 Å². The summed E-state index contributed by atoms with van der Waals surface area (Å²) in [6.45, 7) is 3.10. The van der Waals surface area contributed by atoms with Gasteiger partial charge in [-0.25, -0.2) is 9.78 Å². The third-order valence-electron chi connectivity index (χ3n) is 4.60. The Bertz CT molecular complexity index is 902. The van der Waals surface area contributed by atoms with Crippen LogP contribution in [0.15, 0.2) is 29.6 Å². The quantitative estimate of drug-likeness (QED) is 0.652. The third kappa shape index (κ3) is 6.17. The van der Waals surface area contributed by atoms with Gasteiger partial charge >= 0.3 is 12.0 Å². The van der Waals surface area contributed by atoms with E-state index >= 15 is 0 Å². The summed E-state index contributed by atoms with van der Waals surface area (Å²) in [6, 6.07) is 6.30. The van der Waals surface area contributed by atoms with Crippen molar-refractivity contribution in [3.05, 3.63) is 40.4 Å². The molecule has 8 nitrogen and oxygen atoms in total. The molecule has 30 heavy (non-hydrogen) atoms. The monoisotopic (exact) mass is 450 g/mol. The van der Waals surface area contributed by atoms with Crippen LogP contribution < -0.4 is 10.6 Å². The maximum Gasteiger partial charge on any atom is 0.325 e. The van der Waals surface area contributed by atoms with E-state index < -0.39 is 6.03 Å². The minimum atomic E-state index is -0.433. The molecule has 0 aliphatic carbocycles. The Morgan fingerprint density at radius 3 is 2.77 bits per heavy atom. The number of ether oxygens (including phenoxy) is 1. The lowest BCUT2D eigenvalue weighted by Gasteiger charge is -2.31. The maximum atomic E-state index is 12.6. The largest absolute Gasteiger partial charge is 0.466 e. The molecule has 1 saturated heterocycles. The van der Waals surface area contributed by atoms with Gasteiger partial charge in [0.25, 0.3) is 0 Å². The molecule has 1 aliphatic heterocycles. The lowest BCUT2D eigenvalue weighted by molar-refractivity contribution is -0.151. The zero-order valence-corrected chi connectivity index (χ0v) is 18.1. The summed E-state index contributed by atoms with van der Waals surface area (Å²) in [4.78, 5) is 42.7. The average Bonchev–Trinajstić information content (AvgIpc) is 3.16. The molecule has 3 rings (SSSR count). The van der Waals surface area contributed by atoms with Gasteiger partial charge in [0.2, 0.25) is 5.91 Å². The lowest BCUT2D eigenvalue weighted by atomic mass is 9.98. The van der Waals surface area contributed by atoms with Crippen LogP contribution in [0.3, 0.4) is 0 Å². The fraction of sp³-hybridized carbons (Fsp3) is 0.400. The highest BCUT2D eigenvalue weighted by atomic mass is 35.5. The van der Waals surface area contributed by atoms with Gasteiger partial charge in [-0.15, -0.1) is 11.3 Å². The van der Waals surface area contributed by atoms with Crippen molar-refractivity contribution in [2.24, 2.45) is 5.92 Å². The molecule has 1 fully saturated rings. The number of carbonyl (C=O) groups excluding carboxylic acids is 3. The summed E-state index contributed by atoms with van der Waals surface area (Å²) in [5, 5.41) is 8.05. The molecule has 0 spiro atoms. The number of rotatable bonds is 6. The molecule has 1 aliphatic rings. The van der Waals surface area contributed by atoms with Crippen LogP contribution in [0.4, 0.5) is 15.6 Å². The highest BCUT2D eigenvalue weighted by Crippen LogP contribution is 2.21. The molecule has 0 bridgehead atoms. The molecule has 1 atom stereocenters. The summed E-state index contributed by atoms with van der Waals surface area (Å²) in [7, 11) is 0. The average molecular weight is 451 g/mol. The maximum absolute atomic E-state index is 12.6. The first-order chi connectivity index (χ1) is 14.4. The topological polar surface area (TPSA) is 101 Å². The number of thiazole rings is 1. The minimum absolute atomic E-state index is 0.0912. The molecule has 160 valence electrons. The number of hydrogen-bond acceptors (Lipinski definition) is 6. The molecular weight excluding hydrogens is 428 g/mol. The summed E-state index contributed by atoms with van der Waals surface area (Å²) in [5.41, 5.74) is 1.18. The highest BCUT2D eigenvalue weighted by Gasteiger charge is 2.29. The lowest BCUT2D eigenvalue weighted by Crippen LogP contribution is -2.43. The standard InChI is InChI=1S/C20H23ClN4O4S/c1-2-29-18(27)13-4-3-9-25(11-13)17(26)10-16-12-30-20(23-16)24-19(28)22-15-7-5-14(21)6-8-15/h5-8,12-13H,2-4,9-11H2,1H3,(H2,22,23,24,28). The van der Waals surface area contributed by atoms with E-state index in [1.165, 1.54) is 11.3 Å². The van der Waals surface area contributed by atoms with E-state index in [2.05, 4.69) is 15.6 Å². The van der Waals surface area contributed by atoms with Crippen molar-refractivity contribution >= 4 is 51.7 Å². The van der Waals surface area contributed by atoms with Gasteiger partial charge in [-0.05, 0) is 44.0 Å². The zero-order valence-electron chi connectivity index (χ0n) is 16.5. The number of amides is 3. The number of urea groups is 1. The van der Waals surface area contributed by atoms with Gasteiger partial charge in [-0.1, -0.05) is 11.6 Å². The fourth-order valence-electron chi connectivity index (χ4n) is 3.16. The van der Waals surface area contributed by atoms with Crippen LogP contribution in [0.2, 0.25) is 5.02 Å². The Hall–Kier alpha value is -2.65. The number of aromatic nitrogens is 1. The van der Waals surface area contributed by atoms with E-state index in [4.69, 9.17) is 16.3 Å². The van der Waals surface area contributed by atoms with Gasteiger partial charge in [0, 0.05) is 29.2 Å². The first-order valence-corrected chi connectivity index (χ1v) is 10.9. The molecule has 10 heteroatoms. The first kappa shape index (κ1) is 22.0. The number of likely N-dealkylation sites (tertiary alicyclic amines) is 1. The zero-order chi connectivity index (χ0) is 21.5. The van der Waals surface area contributed by atoms with Gasteiger partial charge in [-0.2, -0.15) is 0 Å². The highest BCUT2D eigenvalue weighted by molar-refractivity contribution is 7.14. The molecule has 0 saturated carbocycles. The Labute approximate surface area is 183 Å². The molecule has 2 N–H and O–H groups in total. The van der Waals surface area contributed by atoms with Gasteiger partial charge in [0.15, 0.2) is 5.13 Å². The molecule has 2 aromatic rings. The van der Waals surface area contributed by atoms with Gasteiger partial charge in [0.05, 0.1) is 24.6 Å². The van der Waals surface area contributed by atoms with Crippen molar-refractivity contribution in [2.45, 2.75) is 26.2 Å². The minimum Gasteiger partial charge on any atom is -0.466 e. The Kier molecular flexibility index (Phi) is 7.64. The summed E-state index contributed by atoms with van der Waals surface area (Å²) < 4.78 is 5.08. The van der Waals surface area contributed by atoms with Crippen molar-refractivity contribution in [1.82, 2.24) is 9.88 Å². The Morgan fingerprint density at radius 2 is 2.03 bits per heavy atom. The number of benzene rings is 1. The number of piperidine rings is 1. The molecule has 2 heterocycles. The van der Waals surface area contributed by atoms with Crippen LogP contribution in [0.1, 0.15) is 25.5 Å². The van der Waals surface area contributed by atoms with E-state index in [1.807, 2.05) is 0 Å². The predicted molar refractivity (Wildman–Crippen MR) is 116 cm³/mol. The smallest absolute Gasteiger partial charge is 0.325 e. The number of esters is 1. The van der Waals surface area contributed by atoms with Crippen molar-refractivity contribution < 1.29 is 19.1 Å². The second-order valence-electron chi connectivity index (χ2n) is 6.84. The van der Waals surface area contributed by atoms with E-state index in [0.29, 0.717) is 41.2 Å². The van der Waals surface area contributed by atoms with Crippen molar-refractivity contribution in [2.75, 3.05) is 30.3 Å². The molecule has 1 aromatic carbocycles. The van der Waals surface area contributed by atoms with Crippen LogP contribution >= 0.6 is 22.9 Å². The van der Waals surface area contributed by atoms with E-state index in [1.54, 1.807) is 41.5 Å². The normalized spacial score (nSPS) is 16.1. The second kappa shape index (κ2) is 10.4. The number of hydrogen-bond donors (Lipinski definition) is 2. The van der Waals surface area contributed by atoms with Crippen LogP contribution in [0.25, 0.3) is 0 Å². The van der Waals surface area contributed by atoms with Gasteiger partial charge in [0.1, 0.15) is 0 Å². The number of anilines is 2. The molecule has 1 unspecified atom stereocenters. The van der Waals surface area contributed by atoms with Crippen LogP contribution in [-0.4, -0.2) is 47.5 Å².